The van der Waals surface area contributed by atoms with E-state index in [9.17, 15) is 9.59 Å². The molecule has 0 aliphatic heterocycles. The average Bonchev–Trinajstić information content (AvgIpc) is 2.88. The lowest BCUT2D eigenvalue weighted by molar-refractivity contribution is -0.141. The second-order valence-electron chi connectivity index (χ2n) is 8.88. The summed E-state index contributed by atoms with van der Waals surface area (Å²) in [6.07, 6.45) is 1.68. The number of aryl methyl sites for hydroxylation is 1. The summed E-state index contributed by atoms with van der Waals surface area (Å²) in [6, 6.07) is 27.6. The second kappa shape index (κ2) is 13.7. The van der Waals surface area contributed by atoms with Crippen molar-refractivity contribution in [2.24, 2.45) is 0 Å². The first-order valence-electron chi connectivity index (χ1n) is 12.3. The normalized spacial score (nSPS) is 12.5. The molecule has 5 heteroatoms. The maximum Gasteiger partial charge on any atom is 0.243 e. The highest BCUT2D eigenvalue weighted by Gasteiger charge is 2.31. The van der Waals surface area contributed by atoms with Crippen LogP contribution in [0.2, 0.25) is 0 Å². The Bertz CT molecular complexity index is 1070. The number of carbonyl (C=O) groups is 2. The topological polar surface area (TPSA) is 49.4 Å². The van der Waals surface area contributed by atoms with Gasteiger partial charge < -0.3 is 10.2 Å². The fourth-order valence-electron chi connectivity index (χ4n) is 3.88. The quantitative estimate of drug-likeness (QED) is 0.317. The minimum absolute atomic E-state index is 0.00285. The highest BCUT2D eigenvalue weighted by molar-refractivity contribution is 7.99. The lowest BCUT2D eigenvalue weighted by atomic mass is 10.0. The molecule has 0 aliphatic rings. The molecule has 3 aromatic carbocycles. The van der Waals surface area contributed by atoms with E-state index in [0.717, 1.165) is 28.0 Å². The Morgan fingerprint density at radius 2 is 1.54 bits per heavy atom. The van der Waals surface area contributed by atoms with Gasteiger partial charge in [0.1, 0.15) is 6.04 Å². The van der Waals surface area contributed by atoms with Gasteiger partial charge in [0.15, 0.2) is 0 Å². The molecule has 3 aromatic rings. The molecule has 0 heterocycles. The van der Waals surface area contributed by atoms with E-state index in [1.165, 1.54) is 0 Å². The summed E-state index contributed by atoms with van der Waals surface area (Å²) in [7, 11) is 0. The number of benzene rings is 3. The van der Waals surface area contributed by atoms with Crippen LogP contribution >= 0.6 is 11.8 Å². The molecule has 2 amide bonds. The van der Waals surface area contributed by atoms with Gasteiger partial charge in [0.2, 0.25) is 11.8 Å². The number of amides is 2. The third-order valence-electron chi connectivity index (χ3n) is 6.20. The first-order chi connectivity index (χ1) is 17.0. The predicted octanol–water partition coefficient (Wildman–Crippen LogP) is 6.03. The molecule has 3 rings (SSSR count). The maximum atomic E-state index is 13.7. The van der Waals surface area contributed by atoms with Gasteiger partial charge in [-0.25, -0.2) is 0 Å². The third-order valence-corrected chi connectivity index (χ3v) is 7.22. The van der Waals surface area contributed by atoms with Crippen LogP contribution in [0.5, 0.6) is 0 Å². The molecule has 1 N–H and O–H groups in total. The lowest BCUT2D eigenvalue weighted by Gasteiger charge is -2.32. The molecule has 4 nitrogen and oxygen atoms in total. The summed E-state index contributed by atoms with van der Waals surface area (Å²) >= 11 is 1.67. The van der Waals surface area contributed by atoms with Crippen molar-refractivity contribution in [3.8, 4) is 0 Å². The molecule has 0 aromatic heterocycles. The van der Waals surface area contributed by atoms with Gasteiger partial charge in [0.05, 0.1) is 0 Å². The molecule has 35 heavy (non-hydrogen) atoms. The van der Waals surface area contributed by atoms with E-state index in [2.05, 4.69) is 30.4 Å². The largest absolute Gasteiger partial charge is 0.352 e. The Morgan fingerprint density at radius 1 is 0.914 bits per heavy atom. The van der Waals surface area contributed by atoms with Crippen LogP contribution in [0, 0.1) is 6.92 Å². The zero-order chi connectivity index (χ0) is 25.0. The Kier molecular flexibility index (Phi) is 10.4. The summed E-state index contributed by atoms with van der Waals surface area (Å²) in [5, 5.41) is 3.13. The van der Waals surface area contributed by atoms with Gasteiger partial charge in [-0.2, -0.15) is 0 Å². The van der Waals surface area contributed by atoms with Gasteiger partial charge in [-0.15, -0.1) is 11.8 Å². The summed E-state index contributed by atoms with van der Waals surface area (Å²) < 4.78 is 0. The summed E-state index contributed by atoms with van der Waals surface area (Å²) in [5.41, 5.74) is 3.22. The zero-order valence-corrected chi connectivity index (χ0v) is 21.8. The van der Waals surface area contributed by atoms with Crippen LogP contribution in [0.4, 0.5) is 0 Å². The highest BCUT2D eigenvalue weighted by Crippen LogP contribution is 2.21. The molecular formula is C30H36N2O2S. The molecule has 0 saturated heterocycles. The molecule has 2 atom stereocenters. The lowest BCUT2D eigenvalue weighted by Crippen LogP contribution is -2.52. The fourth-order valence-corrected chi connectivity index (χ4v) is 4.74. The number of thioether (sulfide) groups is 1. The maximum absolute atomic E-state index is 13.7. The van der Waals surface area contributed by atoms with Crippen molar-refractivity contribution in [1.82, 2.24) is 10.2 Å². The van der Waals surface area contributed by atoms with Crippen molar-refractivity contribution >= 4 is 23.6 Å². The minimum Gasteiger partial charge on any atom is -0.352 e. The minimum atomic E-state index is -0.583. The van der Waals surface area contributed by atoms with Gasteiger partial charge in [0.25, 0.3) is 0 Å². The second-order valence-corrected chi connectivity index (χ2v) is 10.1. The molecule has 0 fully saturated rings. The third kappa shape index (κ3) is 8.29. The van der Waals surface area contributed by atoms with Crippen LogP contribution < -0.4 is 5.32 Å². The van der Waals surface area contributed by atoms with E-state index in [1.807, 2.05) is 80.6 Å². The number of nitrogens with one attached hydrogen (secondary N) is 1. The van der Waals surface area contributed by atoms with Crippen LogP contribution in [0.15, 0.2) is 89.8 Å². The number of rotatable bonds is 12. The molecule has 0 bridgehead atoms. The standard InChI is InChI=1S/C30H36N2O2S/c1-4-24(3)31-30(34)28(21-25-14-7-5-8-15-25)32(22-26-16-12-11-13-23(26)2)29(33)19-20-35-27-17-9-6-10-18-27/h5-18,24,28H,4,19-22H2,1-3H3,(H,31,34)/t24-,28-/m0/s1. The van der Waals surface area contributed by atoms with Crippen molar-refractivity contribution in [2.45, 2.75) is 63.6 Å². The summed E-state index contributed by atoms with van der Waals surface area (Å²) in [5.74, 6) is 0.566. The van der Waals surface area contributed by atoms with Crippen LogP contribution in [0.25, 0.3) is 0 Å². The molecular weight excluding hydrogens is 452 g/mol. The molecule has 0 spiro atoms. The Balaban J connectivity index is 1.87. The van der Waals surface area contributed by atoms with Crippen LogP contribution in [0.3, 0.4) is 0 Å². The summed E-state index contributed by atoms with van der Waals surface area (Å²) in [4.78, 5) is 30.1. The van der Waals surface area contributed by atoms with Crippen molar-refractivity contribution in [3.63, 3.8) is 0 Å². The number of nitrogens with zero attached hydrogens (tertiary/aromatic N) is 1. The van der Waals surface area contributed by atoms with E-state index in [0.29, 0.717) is 25.1 Å². The van der Waals surface area contributed by atoms with Gasteiger partial charge in [-0.3, -0.25) is 9.59 Å². The first-order valence-corrected chi connectivity index (χ1v) is 13.3. The smallest absolute Gasteiger partial charge is 0.243 e. The molecule has 184 valence electrons. The van der Waals surface area contributed by atoms with Gasteiger partial charge in [-0.05, 0) is 49.1 Å². The van der Waals surface area contributed by atoms with Gasteiger partial charge >= 0.3 is 0 Å². The highest BCUT2D eigenvalue weighted by atomic mass is 32.2. The van der Waals surface area contributed by atoms with Crippen molar-refractivity contribution in [2.75, 3.05) is 5.75 Å². The Morgan fingerprint density at radius 3 is 2.20 bits per heavy atom. The molecule has 0 aliphatic carbocycles. The predicted molar refractivity (Wildman–Crippen MR) is 145 cm³/mol. The average molecular weight is 489 g/mol. The fraction of sp³-hybridized carbons (Fsp3) is 0.333. The van der Waals surface area contributed by atoms with Crippen LogP contribution in [-0.2, 0) is 22.6 Å². The number of carbonyl (C=O) groups excluding carboxylic acids is 2. The van der Waals surface area contributed by atoms with E-state index in [-0.39, 0.29) is 17.9 Å². The Hall–Kier alpha value is -3.05. The summed E-state index contributed by atoms with van der Waals surface area (Å²) in [6.45, 7) is 6.51. The van der Waals surface area contributed by atoms with Crippen molar-refractivity contribution in [3.05, 3.63) is 102 Å². The Labute approximate surface area is 214 Å². The number of hydrogen-bond donors (Lipinski definition) is 1. The van der Waals surface area contributed by atoms with Gasteiger partial charge in [0, 0.05) is 36.1 Å². The van der Waals surface area contributed by atoms with E-state index in [1.54, 1.807) is 16.7 Å². The van der Waals surface area contributed by atoms with E-state index >= 15 is 0 Å². The zero-order valence-electron chi connectivity index (χ0n) is 20.9. The van der Waals surface area contributed by atoms with Crippen molar-refractivity contribution < 1.29 is 9.59 Å². The van der Waals surface area contributed by atoms with E-state index in [4.69, 9.17) is 0 Å². The molecule has 0 unspecified atom stereocenters. The molecule has 0 saturated carbocycles. The number of hydrogen-bond acceptors (Lipinski definition) is 3. The van der Waals surface area contributed by atoms with Crippen LogP contribution in [0.1, 0.15) is 43.4 Å². The van der Waals surface area contributed by atoms with Crippen LogP contribution in [-0.4, -0.2) is 34.6 Å². The van der Waals surface area contributed by atoms with E-state index < -0.39 is 6.04 Å². The van der Waals surface area contributed by atoms with Gasteiger partial charge in [-0.1, -0.05) is 79.7 Å². The monoisotopic (exact) mass is 488 g/mol. The van der Waals surface area contributed by atoms with Crippen molar-refractivity contribution in [1.29, 1.82) is 0 Å². The first kappa shape index (κ1) is 26.6. The SMILES string of the molecule is CC[C@H](C)NC(=O)[C@H](Cc1ccccc1)N(Cc1ccccc1C)C(=O)CCSc1ccccc1. The molecule has 0 radical (unpaired) electrons.